The second-order valence-corrected chi connectivity index (χ2v) is 5.07. The second-order valence-electron chi connectivity index (χ2n) is 5.07. The molecule has 0 bridgehead atoms. The van der Waals surface area contributed by atoms with Crippen LogP contribution >= 0.6 is 0 Å². The average Bonchev–Trinajstić information content (AvgIpc) is 2.29. The van der Waals surface area contributed by atoms with Gasteiger partial charge in [0, 0.05) is 13.1 Å². The quantitative estimate of drug-likeness (QED) is 0.706. The van der Waals surface area contributed by atoms with Gasteiger partial charge in [-0.05, 0) is 18.4 Å². The van der Waals surface area contributed by atoms with Gasteiger partial charge in [-0.1, -0.05) is 44.2 Å². The molecule has 0 aromatic heterocycles. The highest BCUT2D eigenvalue weighted by molar-refractivity contribution is 5.17. The van der Waals surface area contributed by atoms with Gasteiger partial charge in [-0.25, -0.2) is 0 Å². The molecule has 3 heteroatoms. The van der Waals surface area contributed by atoms with Gasteiger partial charge in [0.1, 0.15) is 0 Å². The third-order valence-electron chi connectivity index (χ3n) is 3.25. The molecule has 0 spiro atoms. The van der Waals surface area contributed by atoms with Gasteiger partial charge in [0.2, 0.25) is 0 Å². The first kappa shape index (κ1) is 14.2. The summed E-state index contributed by atoms with van der Waals surface area (Å²) in [5, 5.41) is 23.0. The SMILES string of the molecule is CC(C)C(C)(O)CNCC(O)c1ccccc1. The lowest BCUT2D eigenvalue weighted by Gasteiger charge is -2.28. The van der Waals surface area contributed by atoms with E-state index in [0.29, 0.717) is 13.1 Å². The van der Waals surface area contributed by atoms with Gasteiger partial charge in [-0.3, -0.25) is 0 Å². The molecule has 3 nitrogen and oxygen atoms in total. The summed E-state index contributed by atoms with van der Waals surface area (Å²) < 4.78 is 0. The number of benzene rings is 1. The van der Waals surface area contributed by atoms with Gasteiger partial charge < -0.3 is 15.5 Å². The predicted molar refractivity (Wildman–Crippen MR) is 69.7 cm³/mol. The number of rotatable bonds is 6. The first-order chi connectivity index (χ1) is 7.93. The minimum Gasteiger partial charge on any atom is -0.389 e. The molecule has 0 aliphatic heterocycles. The van der Waals surface area contributed by atoms with E-state index in [1.807, 2.05) is 44.2 Å². The van der Waals surface area contributed by atoms with Crippen molar-refractivity contribution in [1.29, 1.82) is 0 Å². The van der Waals surface area contributed by atoms with E-state index in [1.54, 1.807) is 6.92 Å². The van der Waals surface area contributed by atoms with Crippen molar-refractivity contribution < 1.29 is 10.2 Å². The molecule has 0 saturated carbocycles. The average molecular weight is 237 g/mol. The Morgan fingerprint density at radius 3 is 2.35 bits per heavy atom. The van der Waals surface area contributed by atoms with Gasteiger partial charge in [-0.2, -0.15) is 0 Å². The topological polar surface area (TPSA) is 52.5 Å². The molecule has 0 radical (unpaired) electrons. The fourth-order valence-electron chi connectivity index (χ4n) is 1.46. The van der Waals surface area contributed by atoms with Crippen LogP contribution in [0.1, 0.15) is 32.4 Å². The summed E-state index contributed by atoms with van der Waals surface area (Å²) in [6.45, 7) is 6.70. The molecule has 2 atom stereocenters. The Kier molecular flexibility index (Phi) is 5.12. The predicted octanol–water partition coefficient (Wildman–Crippen LogP) is 1.72. The lowest BCUT2D eigenvalue weighted by molar-refractivity contribution is 0.0116. The van der Waals surface area contributed by atoms with Crippen molar-refractivity contribution in [2.45, 2.75) is 32.5 Å². The smallest absolute Gasteiger partial charge is 0.0914 e. The summed E-state index contributed by atoms with van der Waals surface area (Å²) in [6.07, 6.45) is -0.529. The summed E-state index contributed by atoms with van der Waals surface area (Å²) in [7, 11) is 0. The molecule has 1 rings (SSSR count). The largest absolute Gasteiger partial charge is 0.389 e. The van der Waals surface area contributed by atoms with E-state index in [0.717, 1.165) is 5.56 Å². The highest BCUT2D eigenvalue weighted by atomic mass is 16.3. The van der Waals surface area contributed by atoms with Crippen LogP contribution in [-0.4, -0.2) is 28.9 Å². The summed E-state index contributed by atoms with van der Waals surface area (Å²) >= 11 is 0. The zero-order valence-electron chi connectivity index (χ0n) is 10.9. The minimum absolute atomic E-state index is 0.184. The first-order valence-corrected chi connectivity index (χ1v) is 6.09. The molecule has 2 unspecified atom stereocenters. The van der Waals surface area contributed by atoms with Crippen LogP contribution in [0.4, 0.5) is 0 Å². The second kappa shape index (κ2) is 6.15. The van der Waals surface area contributed by atoms with Crippen molar-refractivity contribution >= 4 is 0 Å². The Bertz CT molecular complexity index is 322. The van der Waals surface area contributed by atoms with Crippen LogP contribution in [0.2, 0.25) is 0 Å². The molecular formula is C14H23NO2. The van der Waals surface area contributed by atoms with Crippen molar-refractivity contribution in [3.8, 4) is 0 Å². The molecule has 0 fully saturated rings. The highest BCUT2D eigenvalue weighted by Crippen LogP contribution is 2.15. The molecule has 17 heavy (non-hydrogen) atoms. The van der Waals surface area contributed by atoms with Crippen LogP contribution in [-0.2, 0) is 0 Å². The Morgan fingerprint density at radius 2 is 1.82 bits per heavy atom. The fraction of sp³-hybridized carbons (Fsp3) is 0.571. The minimum atomic E-state index is -0.740. The van der Waals surface area contributed by atoms with Crippen LogP contribution in [0.25, 0.3) is 0 Å². The lowest BCUT2D eigenvalue weighted by atomic mass is 9.92. The molecule has 3 N–H and O–H groups in total. The van der Waals surface area contributed by atoms with E-state index < -0.39 is 11.7 Å². The van der Waals surface area contributed by atoms with Crippen molar-refractivity contribution in [3.63, 3.8) is 0 Å². The monoisotopic (exact) mass is 237 g/mol. The van der Waals surface area contributed by atoms with Crippen molar-refractivity contribution in [1.82, 2.24) is 5.32 Å². The van der Waals surface area contributed by atoms with E-state index in [1.165, 1.54) is 0 Å². The molecule has 1 aromatic rings. The van der Waals surface area contributed by atoms with Gasteiger partial charge >= 0.3 is 0 Å². The van der Waals surface area contributed by atoms with E-state index in [2.05, 4.69) is 5.32 Å². The summed E-state index contributed by atoms with van der Waals surface area (Å²) in [6, 6.07) is 9.53. The number of aliphatic hydroxyl groups is 2. The molecule has 0 saturated heterocycles. The lowest BCUT2D eigenvalue weighted by Crippen LogP contribution is -2.43. The van der Waals surface area contributed by atoms with E-state index in [4.69, 9.17) is 0 Å². The zero-order chi connectivity index (χ0) is 12.9. The van der Waals surface area contributed by atoms with Crippen LogP contribution < -0.4 is 5.32 Å². The van der Waals surface area contributed by atoms with Gasteiger partial charge in [-0.15, -0.1) is 0 Å². The van der Waals surface area contributed by atoms with Gasteiger partial charge in [0.25, 0.3) is 0 Å². The molecule has 0 heterocycles. The summed E-state index contributed by atoms with van der Waals surface area (Å²) in [4.78, 5) is 0. The van der Waals surface area contributed by atoms with Crippen molar-refractivity contribution in [2.75, 3.05) is 13.1 Å². The number of hydrogen-bond acceptors (Lipinski definition) is 3. The first-order valence-electron chi connectivity index (χ1n) is 6.09. The van der Waals surface area contributed by atoms with Crippen molar-refractivity contribution in [3.05, 3.63) is 35.9 Å². The standard InChI is InChI=1S/C14H23NO2/c1-11(2)14(3,17)10-15-9-13(16)12-7-5-4-6-8-12/h4-8,11,13,15-17H,9-10H2,1-3H3. The molecule has 0 amide bonds. The summed E-state index contributed by atoms with van der Waals surface area (Å²) in [5.41, 5.74) is 0.153. The number of nitrogens with one attached hydrogen (secondary N) is 1. The van der Waals surface area contributed by atoms with E-state index in [-0.39, 0.29) is 5.92 Å². The normalized spacial score (nSPS) is 16.8. The Balaban J connectivity index is 2.37. The van der Waals surface area contributed by atoms with Gasteiger partial charge in [0.05, 0.1) is 11.7 Å². The Hall–Kier alpha value is -0.900. The number of hydrogen-bond donors (Lipinski definition) is 3. The molecule has 0 aliphatic carbocycles. The third-order valence-corrected chi connectivity index (χ3v) is 3.25. The van der Waals surface area contributed by atoms with Gasteiger partial charge in [0.15, 0.2) is 0 Å². The maximum atomic E-state index is 10.0. The summed E-state index contributed by atoms with van der Waals surface area (Å²) in [5.74, 6) is 0.184. The molecule has 1 aromatic carbocycles. The van der Waals surface area contributed by atoms with E-state index in [9.17, 15) is 10.2 Å². The fourth-order valence-corrected chi connectivity index (χ4v) is 1.46. The van der Waals surface area contributed by atoms with Crippen molar-refractivity contribution in [2.24, 2.45) is 5.92 Å². The Morgan fingerprint density at radius 1 is 1.24 bits per heavy atom. The van der Waals surface area contributed by atoms with E-state index >= 15 is 0 Å². The van der Waals surface area contributed by atoms with Crippen LogP contribution in [0.3, 0.4) is 0 Å². The van der Waals surface area contributed by atoms with Crippen LogP contribution in [0.5, 0.6) is 0 Å². The van der Waals surface area contributed by atoms with Crippen LogP contribution in [0, 0.1) is 5.92 Å². The Labute approximate surface area is 103 Å². The maximum absolute atomic E-state index is 10.0. The zero-order valence-corrected chi connectivity index (χ0v) is 10.9. The molecular weight excluding hydrogens is 214 g/mol. The molecule has 0 aliphatic rings. The maximum Gasteiger partial charge on any atom is 0.0914 e. The molecule has 96 valence electrons. The number of aliphatic hydroxyl groups excluding tert-OH is 1. The third kappa shape index (κ3) is 4.46. The highest BCUT2D eigenvalue weighted by Gasteiger charge is 2.24. The van der Waals surface area contributed by atoms with Crippen LogP contribution in [0.15, 0.2) is 30.3 Å².